The van der Waals surface area contributed by atoms with Gasteiger partial charge in [0.25, 0.3) is 0 Å². The van der Waals surface area contributed by atoms with Gasteiger partial charge in [0.05, 0.1) is 6.20 Å². The van der Waals surface area contributed by atoms with Gasteiger partial charge in [-0.25, -0.2) is 4.39 Å². The van der Waals surface area contributed by atoms with Gasteiger partial charge < -0.3 is 5.73 Å². The van der Waals surface area contributed by atoms with Crippen LogP contribution in [-0.4, -0.2) is 11.0 Å². The van der Waals surface area contributed by atoms with Crippen LogP contribution in [0.2, 0.25) is 0 Å². The third kappa shape index (κ3) is 1.91. The number of nitrogens with zero attached hydrogens (tertiary/aromatic N) is 1. The van der Waals surface area contributed by atoms with Gasteiger partial charge >= 0.3 is 0 Å². The van der Waals surface area contributed by atoms with Crippen molar-refractivity contribution in [3.63, 3.8) is 0 Å². The monoisotopic (exact) mass is 242 g/mol. The highest BCUT2D eigenvalue weighted by Gasteiger charge is 2.19. The molecule has 0 aliphatic heterocycles. The third-order valence-electron chi connectivity index (χ3n) is 3.59. The molecule has 0 amide bonds. The maximum absolute atomic E-state index is 13.8. The minimum Gasteiger partial charge on any atom is -0.327 e. The average Bonchev–Trinajstić information content (AvgIpc) is 2.39. The lowest BCUT2D eigenvalue weighted by Crippen LogP contribution is -2.28. The fourth-order valence-electron chi connectivity index (χ4n) is 2.66. The van der Waals surface area contributed by atoms with Crippen molar-refractivity contribution in [1.82, 2.24) is 4.98 Å². The second-order valence-electron chi connectivity index (χ2n) is 4.80. The molecule has 0 bridgehead atoms. The molecule has 0 spiro atoms. The third-order valence-corrected chi connectivity index (χ3v) is 3.59. The minimum atomic E-state index is -0.273. The summed E-state index contributed by atoms with van der Waals surface area (Å²) in [5.41, 5.74) is 10.1. The standard InChI is InChI=1S/C15H15FN2/c16-15-9-18-7-6-13(15)12-3-1-2-10-4-5-11(17)8-14(10)12/h1-3,6-7,9,11H,4-5,8,17H2. The molecule has 0 saturated heterocycles. The molecule has 1 aliphatic rings. The Morgan fingerprint density at radius 2 is 2.11 bits per heavy atom. The first kappa shape index (κ1) is 11.4. The molecule has 2 N–H and O–H groups in total. The molecule has 0 fully saturated rings. The number of halogens is 1. The molecule has 92 valence electrons. The quantitative estimate of drug-likeness (QED) is 0.835. The molecule has 3 rings (SSSR count). The molecule has 2 aromatic rings. The number of aromatic nitrogens is 1. The Morgan fingerprint density at radius 1 is 1.22 bits per heavy atom. The van der Waals surface area contributed by atoms with Crippen molar-refractivity contribution < 1.29 is 4.39 Å². The number of pyridine rings is 1. The predicted molar refractivity (Wildman–Crippen MR) is 69.6 cm³/mol. The summed E-state index contributed by atoms with van der Waals surface area (Å²) in [6.07, 6.45) is 5.71. The van der Waals surface area contributed by atoms with Gasteiger partial charge in [-0.2, -0.15) is 0 Å². The minimum absolute atomic E-state index is 0.184. The van der Waals surface area contributed by atoms with E-state index in [1.807, 2.05) is 12.1 Å². The smallest absolute Gasteiger partial charge is 0.149 e. The highest BCUT2D eigenvalue weighted by molar-refractivity contribution is 5.69. The number of hydrogen-bond acceptors (Lipinski definition) is 2. The first-order valence-corrected chi connectivity index (χ1v) is 6.22. The summed E-state index contributed by atoms with van der Waals surface area (Å²) in [5, 5.41) is 0. The molecule has 1 aromatic carbocycles. The Labute approximate surface area is 106 Å². The van der Waals surface area contributed by atoms with Crippen molar-refractivity contribution in [1.29, 1.82) is 0 Å². The summed E-state index contributed by atoms with van der Waals surface area (Å²) >= 11 is 0. The van der Waals surface area contributed by atoms with Crippen LogP contribution < -0.4 is 5.73 Å². The van der Waals surface area contributed by atoms with Crippen LogP contribution >= 0.6 is 0 Å². The van der Waals surface area contributed by atoms with E-state index in [1.54, 1.807) is 12.3 Å². The Balaban J connectivity index is 2.16. The average molecular weight is 242 g/mol. The summed E-state index contributed by atoms with van der Waals surface area (Å²) in [5.74, 6) is -0.273. The van der Waals surface area contributed by atoms with E-state index in [4.69, 9.17) is 5.73 Å². The van der Waals surface area contributed by atoms with E-state index in [0.717, 1.165) is 24.8 Å². The van der Waals surface area contributed by atoms with Crippen LogP contribution in [0.5, 0.6) is 0 Å². The van der Waals surface area contributed by atoms with E-state index in [9.17, 15) is 4.39 Å². The summed E-state index contributed by atoms with van der Waals surface area (Å²) in [7, 11) is 0. The number of benzene rings is 1. The number of fused-ring (bicyclic) bond motifs is 1. The Bertz CT molecular complexity index is 580. The maximum atomic E-state index is 13.8. The maximum Gasteiger partial charge on any atom is 0.149 e. The summed E-state index contributed by atoms with van der Waals surface area (Å²) in [4.78, 5) is 3.80. The van der Waals surface area contributed by atoms with Crippen LogP contribution in [0.3, 0.4) is 0 Å². The molecule has 1 aliphatic carbocycles. The van der Waals surface area contributed by atoms with Crippen molar-refractivity contribution in [3.8, 4) is 11.1 Å². The Hall–Kier alpha value is -1.74. The lowest BCUT2D eigenvalue weighted by molar-refractivity contribution is 0.576. The zero-order valence-electron chi connectivity index (χ0n) is 10.1. The first-order chi connectivity index (χ1) is 8.75. The van der Waals surface area contributed by atoms with Gasteiger partial charge in [0.15, 0.2) is 0 Å². The van der Waals surface area contributed by atoms with Gasteiger partial charge in [-0.3, -0.25) is 4.98 Å². The van der Waals surface area contributed by atoms with E-state index in [0.29, 0.717) is 5.56 Å². The van der Waals surface area contributed by atoms with Gasteiger partial charge in [0.2, 0.25) is 0 Å². The largest absolute Gasteiger partial charge is 0.327 e. The highest BCUT2D eigenvalue weighted by Crippen LogP contribution is 2.32. The van der Waals surface area contributed by atoms with Crippen molar-refractivity contribution in [2.45, 2.75) is 25.3 Å². The van der Waals surface area contributed by atoms with E-state index in [-0.39, 0.29) is 11.9 Å². The molecule has 1 heterocycles. The molecular weight excluding hydrogens is 227 g/mol. The van der Waals surface area contributed by atoms with Crippen molar-refractivity contribution in [2.24, 2.45) is 5.73 Å². The van der Waals surface area contributed by atoms with Crippen LogP contribution in [0.4, 0.5) is 4.39 Å². The van der Waals surface area contributed by atoms with Crippen molar-refractivity contribution in [2.75, 3.05) is 0 Å². The molecule has 0 saturated carbocycles. The zero-order chi connectivity index (χ0) is 12.5. The second-order valence-corrected chi connectivity index (χ2v) is 4.80. The van der Waals surface area contributed by atoms with E-state index in [2.05, 4.69) is 11.1 Å². The number of rotatable bonds is 1. The highest BCUT2D eigenvalue weighted by atomic mass is 19.1. The number of hydrogen-bond donors (Lipinski definition) is 1. The van der Waals surface area contributed by atoms with Crippen molar-refractivity contribution >= 4 is 0 Å². The molecule has 18 heavy (non-hydrogen) atoms. The van der Waals surface area contributed by atoms with E-state index in [1.165, 1.54) is 17.3 Å². The SMILES string of the molecule is NC1CCc2cccc(-c3ccncc3F)c2C1. The van der Waals surface area contributed by atoms with Crippen LogP contribution in [0, 0.1) is 5.82 Å². The normalized spacial score (nSPS) is 18.4. The van der Waals surface area contributed by atoms with Gasteiger partial charge in [-0.05, 0) is 42.0 Å². The Morgan fingerprint density at radius 3 is 2.94 bits per heavy atom. The lowest BCUT2D eigenvalue weighted by Gasteiger charge is -2.24. The molecule has 1 atom stereocenters. The summed E-state index contributed by atoms with van der Waals surface area (Å²) in [6, 6.07) is 7.98. The number of aryl methyl sites for hydroxylation is 1. The van der Waals surface area contributed by atoms with Crippen LogP contribution in [0.25, 0.3) is 11.1 Å². The van der Waals surface area contributed by atoms with Gasteiger partial charge in [0, 0.05) is 17.8 Å². The molecule has 2 nitrogen and oxygen atoms in total. The second kappa shape index (κ2) is 4.50. The predicted octanol–water partition coefficient (Wildman–Crippen LogP) is 2.70. The molecule has 0 radical (unpaired) electrons. The summed E-state index contributed by atoms with van der Waals surface area (Å²) < 4.78 is 13.8. The Kier molecular flexibility index (Phi) is 2.84. The topological polar surface area (TPSA) is 38.9 Å². The van der Waals surface area contributed by atoms with Gasteiger partial charge in [-0.1, -0.05) is 18.2 Å². The van der Waals surface area contributed by atoms with Gasteiger partial charge in [-0.15, -0.1) is 0 Å². The molecule has 3 heteroatoms. The molecule has 1 unspecified atom stereocenters. The van der Waals surface area contributed by atoms with Crippen LogP contribution in [0.15, 0.2) is 36.7 Å². The van der Waals surface area contributed by atoms with E-state index < -0.39 is 0 Å². The zero-order valence-corrected chi connectivity index (χ0v) is 10.1. The first-order valence-electron chi connectivity index (χ1n) is 6.22. The molecular formula is C15H15FN2. The summed E-state index contributed by atoms with van der Waals surface area (Å²) in [6.45, 7) is 0. The fraction of sp³-hybridized carbons (Fsp3) is 0.267. The van der Waals surface area contributed by atoms with Crippen molar-refractivity contribution in [3.05, 3.63) is 53.6 Å². The number of nitrogens with two attached hydrogens (primary N) is 1. The fourth-order valence-corrected chi connectivity index (χ4v) is 2.66. The van der Waals surface area contributed by atoms with Crippen LogP contribution in [0.1, 0.15) is 17.5 Å². The van der Waals surface area contributed by atoms with Gasteiger partial charge in [0.1, 0.15) is 5.82 Å². The van der Waals surface area contributed by atoms with E-state index >= 15 is 0 Å². The van der Waals surface area contributed by atoms with Crippen LogP contribution in [-0.2, 0) is 12.8 Å². The molecule has 1 aromatic heterocycles. The lowest BCUT2D eigenvalue weighted by atomic mass is 9.84.